The van der Waals surface area contributed by atoms with Crippen LogP contribution in [0.4, 0.5) is 0 Å². The molecule has 70 valence electrons. The van der Waals surface area contributed by atoms with Gasteiger partial charge in [-0.3, -0.25) is 0 Å². The minimum absolute atomic E-state index is 0.180. The van der Waals surface area contributed by atoms with Crippen LogP contribution < -0.4 is 0 Å². The molecule has 1 aliphatic rings. The lowest BCUT2D eigenvalue weighted by molar-refractivity contribution is 0.0471. The SMILES string of the molecule is Cc1c(C(=O)OC2CC2)ccn1C. The van der Waals surface area contributed by atoms with Gasteiger partial charge < -0.3 is 9.30 Å². The zero-order chi connectivity index (χ0) is 9.42. The van der Waals surface area contributed by atoms with E-state index in [4.69, 9.17) is 4.74 Å². The summed E-state index contributed by atoms with van der Waals surface area (Å²) in [7, 11) is 1.92. The summed E-state index contributed by atoms with van der Waals surface area (Å²) in [6.45, 7) is 1.92. The first-order chi connectivity index (χ1) is 6.18. The highest BCUT2D eigenvalue weighted by Gasteiger charge is 2.27. The van der Waals surface area contributed by atoms with Gasteiger partial charge in [-0.15, -0.1) is 0 Å². The number of rotatable bonds is 2. The van der Waals surface area contributed by atoms with E-state index in [2.05, 4.69) is 0 Å². The highest BCUT2D eigenvalue weighted by Crippen LogP contribution is 2.25. The van der Waals surface area contributed by atoms with Crippen molar-refractivity contribution in [3.8, 4) is 0 Å². The van der Waals surface area contributed by atoms with Gasteiger partial charge in [-0.2, -0.15) is 0 Å². The highest BCUT2D eigenvalue weighted by molar-refractivity contribution is 5.91. The number of aromatic nitrogens is 1. The lowest BCUT2D eigenvalue weighted by Gasteiger charge is -2.02. The molecule has 3 heteroatoms. The molecule has 0 N–H and O–H groups in total. The Labute approximate surface area is 77.3 Å². The second-order valence-corrected chi connectivity index (χ2v) is 3.53. The van der Waals surface area contributed by atoms with E-state index in [1.165, 1.54) is 0 Å². The molecule has 0 amide bonds. The summed E-state index contributed by atoms with van der Waals surface area (Å²) in [4.78, 5) is 11.5. The molecule has 1 aromatic rings. The summed E-state index contributed by atoms with van der Waals surface area (Å²) < 4.78 is 7.11. The van der Waals surface area contributed by atoms with Crippen molar-refractivity contribution in [2.24, 2.45) is 7.05 Å². The average molecular weight is 179 g/mol. The van der Waals surface area contributed by atoms with Crippen LogP contribution in [0.1, 0.15) is 28.9 Å². The number of esters is 1. The van der Waals surface area contributed by atoms with Crippen LogP contribution in [0.2, 0.25) is 0 Å². The van der Waals surface area contributed by atoms with Crippen molar-refractivity contribution in [2.45, 2.75) is 25.9 Å². The quantitative estimate of drug-likeness (QED) is 0.646. The van der Waals surface area contributed by atoms with Crippen molar-refractivity contribution >= 4 is 5.97 Å². The molecule has 2 rings (SSSR count). The molecule has 0 atom stereocenters. The molecule has 0 radical (unpaired) electrons. The van der Waals surface area contributed by atoms with Crippen LogP contribution in [0.3, 0.4) is 0 Å². The molecule has 0 saturated heterocycles. The van der Waals surface area contributed by atoms with Gasteiger partial charge in [0.15, 0.2) is 0 Å². The van der Waals surface area contributed by atoms with Gasteiger partial charge in [0, 0.05) is 18.9 Å². The van der Waals surface area contributed by atoms with Crippen molar-refractivity contribution in [2.75, 3.05) is 0 Å². The van der Waals surface area contributed by atoms with Crippen LogP contribution in [0.15, 0.2) is 12.3 Å². The topological polar surface area (TPSA) is 31.2 Å². The van der Waals surface area contributed by atoms with Crippen LogP contribution in [-0.2, 0) is 11.8 Å². The third-order valence-electron chi connectivity index (χ3n) is 2.40. The largest absolute Gasteiger partial charge is 0.459 e. The van der Waals surface area contributed by atoms with Crippen molar-refractivity contribution in [3.63, 3.8) is 0 Å². The number of ether oxygens (including phenoxy) is 1. The van der Waals surface area contributed by atoms with E-state index in [0.717, 1.165) is 18.5 Å². The van der Waals surface area contributed by atoms with Gasteiger partial charge in [0.2, 0.25) is 0 Å². The predicted molar refractivity (Wildman–Crippen MR) is 48.6 cm³/mol. The van der Waals surface area contributed by atoms with Crippen molar-refractivity contribution in [1.29, 1.82) is 0 Å². The van der Waals surface area contributed by atoms with E-state index >= 15 is 0 Å². The Balaban J connectivity index is 2.14. The Morgan fingerprint density at radius 1 is 1.62 bits per heavy atom. The fourth-order valence-electron chi connectivity index (χ4n) is 1.23. The molecular formula is C10H13NO2. The number of hydrogen-bond donors (Lipinski definition) is 0. The summed E-state index contributed by atoms with van der Waals surface area (Å²) in [5.41, 5.74) is 1.65. The second kappa shape index (κ2) is 2.91. The van der Waals surface area contributed by atoms with Crippen LogP contribution in [0.5, 0.6) is 0 Å². The number of nitrogens with zero attached hydrogens (tertiary/aromatic N) is 1. The third kappa shape index (κ3) is 1.59. The standard InChI is InChI=1S/C10H13NO2/c1-7-9(5-6-11(7)2)10(12)13-8-3-4-8/h5-6,8H,3-4H2,1-2H3. The van der Waals surface area contributed by atoms with E-state index in [1.807, 2.05) is 24.7 Å². The van der Waals surface area contributed by atoms with Crippen molar-refractivity contribution in [3.05, 3.63) is 23.5 Å². The number of carbonyl (C=O) groups is 1. The van der Waals surface area contributed by atoms with E-state index in [1.54, 1.807) is 6.07 Å². The van der Waals surface area contributed by atoms with Crippen LogP contribution in [-0.4, -0.2) is 16.6 Å². The first-order valence-electron chi connectivity index (χ1n) is 4.51. The molecule has 1 aromatic heterocycles. The maximum atomic E-state index is 11.5. The van der Waals surface area contributed by atoms with Gasteiger partial charge in [0.25, 0.3) is 0 Å². The molecule has 3 nitrogen and oxygen atoms in total. The fourth-order valence-corrected chi connectivity index (χ4v) is 1.23. The van der Waals surface area contributed by atoms with Crippen LogP contribution >= 0.6 is 0 Å². The lowest BCUT2D eigenvalue weighted by atomic mass is 10.2. The number of carbonyl (C=O) groups excluding carboxylic acids is 1. The summed E-state index contributed by atoms with van der Waals surface area (Å²) >= 11 is 0. The van der Waals surface area contributed by atoms with Crippen molar-refractivity contribution < 1.29 is 9.53 Å². The smallest absolute Gasteiger partial charge is 0.340 e. The van der Waals surface area contributed by atoms with Crippen molar-refractivity contribution in [1.82, 2.24) is 4.57 Å². The van der Waals surface area contributed by atoms with Gasteiger partial charge in [-0.05, 0) is 25.8 Å². The first kappa shape index (κ1) is 8.35. The minimum atomic E-state index is -0.180. The predicted octanol–water partition coefficient (Wildman–Crippen LogP) is 1.65. The highest BCUT2D eigenvalue weighted by atomic mass is 16.5. The van der Waals surface area contributed by atoms with E-state index < -0.39 is 0 Å². The van der Waals surface area contributed by atoms with Crippen LogP contribution in [0.25, 0.3) is 0 Å². The maximum absolute atomic E-state index is 11.5. The Kier molecular flexibility index (Phi) is 1.87. The normalized spacial score (nSPS) is 15.8. The molecule has 1 heterocycles. The molecule has 0 aromatic carbocycles. The molecule has 1 saturated carbocycles. The molecule has 1 aliphatic carbocycles. The molecule has 0 spiro atoms. The molecule has 0 unspecified atom stereocenters. The third-order valence-corrected chi connectivity index (χ3v) is 2.40. The van der Waals surface area contributed by atoms with Gasteiger partial charge in [-0.1, -0.05) is 0 Å². The lowest BCUT2D eigenvalue weighted by Crippen LogP contribution is -2.07. The number of hydrogen-bond acceptors (Lipinski definition) is 2. The van der Waals surface area contributed by atoms with E-state index in [-0.39, 0.29) is 12.1 Å². The number of aryl methyl sites for hydroxylation is 1. The molecule has 13 heavy (non-hydrogen) atoms. The van der Waals surface area contributed by atoms with E-state index in [0.29, 0.717) is 5.56 Å². The minimum Gasteiger partial charge on any atom is -0.459 e. The van der Waals surface area contributed by atoms with Gasteiger partial charge in [-0.25, -0.2) is 4.79 Å². The molecule has 0 aliphatic heterocycles. The van der Waals surface area contributed by atoms with Gasteiger partial charge >= 0.3 is 5.97 Å². The second-order valence-electron chi connectivity index (χ2n) is 3.53. The zero-order valence-corrected chi connectivity index (χ0v) is 7.91. The fraction of sp³-hybridized carbons (Fsp3) is 0.500. The summed E-state index contributed by atoms with van der Waals surface area (Å²) in [6.07, 6.45) is 4.11. The Morgan fingerprint density at radius 3 is 2.77 bits per heavy atom. The monoisotopic (exact) mass is 179 g/mol. The molecular weight excluding hydrogens is 166 g/mol. The van der Waals surface area contributed by atoms with Gasteiger partial charge in [0.05, 0.1) is 5.56 Å². The Morgan fingerprint density at radius 2 is 2.31 bits per heavy atom. The maximum Gasteiger partial charge on any atom is 0.340 e. The van der Waals surface area contributed by atoms with Crippen LogP contribution in [0, 0.1) is 6.92 Å². The Bertz CT molecular complexity index is 337. The zero-order valence-electron chi connectivity index (χ0n) is 7.91. The Hall–Kier alpha value is -1.25. The summed E-state index contributed by atoms with van der Waals surface area (Å²) in [5, 5.41) is 0. The molecule has 0 bridgehead atoms. The summed E-state index contributed by atoms with van der Waals surface area (Å²) in [5.74, 6) is -0.180. The molecule has 1 fully saturated rings. The average Bonchev–Trinajstić information content (AvgIpc) is 2.82. The van der Waals surface area contributed by atoms with Gasteiger partial charge in [0.1, 0.15) is 6.10 Å². The first-order valence-corrected chi connectivity index (χ1v) is 4.51. The summed E-state index contributed by atoms with van der Waals surface area (Å²) in [6, 6.07) is 1.81. The van der Waals surface area contributed by atoms with E-state index in [9.17, 15) is 4.79 Å².